The Kier molecular flexibility index (Phi) is 4.24. The van der Waals surface area contributed by atoms with Gasteiger partial charge in [0.1, 0.15) is 5.54 Å². The molecule has 0 radical (unpaired) electrons. The van der Waals surface area contributed by atoms with Crippen LogP contribution in [0.5, 0.6) is 0 Å². The third kappa shape index (κ3) is 3.03. The molecule has 21 heavy (non-hydrogen) atoms. The van der Waals surface area contributed by atoms with Crippen LogP contribution >= 0.6 is 11.6 Å². The maximum absolute atomic E-state index is 12.1. The van der Waals surface area contributed by atoms with Crippen molar-refractivity contribution >= 4 is 23.2 Å². The molecule has 4 heteroatoms. The van der Waals surface area contributed by atoms with Gasteiger partial charge in [0.05, 0.1) is 10.7 Å². The first-order chi connectivity index (χ1) is 9.84. The van der Waals surface area contributed by atoms with Crippen LogP contribution in [0.15, 0.2) is 42.5 Å². The zero-order valence-corrected chi connectivity index (χ0v) is 13.2. The molecular weight excluding hydrogens is 284 g/mol. The molecule has 2 aromatic carbocycles. The summed E-state index contributed by atoms with van der Waals surface area (Å²) in [7, 11) is 0. The van der Waals surface area contributed by atoms with Crippen LogP contribution in [-0.2, 0) is 10.3 Å². The van der Waals surface area contributed by atoms with Crippen molar-refractivity contribution in [2.75, 3.05) is 5.32 Å². The van der Waals surface area contributed by atoms with Crippen LogP contribution in [0.2, 0.25) is 5.02 Å². The Hall–Kier alpha value is -2.00. The third-order valence-electron chi connectivity index (χ3n) is 3.68. The van der Waals surface area contributed by atoms with Crippen LogP contribution in [0.3, 0.4) is 0 Å². The summed E-state index contributed by atoms with van der Waals surface area (Å²) in [6, 6.07) is 13.3. The number of hydrogen-bond acceptors (Lipinski definition) is 2. The van der Waals surface area contributed by atoms with Crippen LogP contribution in [0.1, 0.15) is 23.6 Å². The average Bonchev–Trinajstić information content (AvgIpc) is 2.43. The second kappa shape index (κ2) is 5.78. The summed E-state index contributed by atoms with van der Waals surface area (Å²) in [5.41, 5.74) is 8.26. The van der Waals surface area contributed by atoms with E-state index in [4.69, 9.17) is 17.3 Å². The summed E-state index contributed by atoms with van der Waals surface area (Å²) in [5, 5.41) is 3.75. The Morgan fingerprint density at radius 1 is 1.19 bits per heavy atom. The smallest absolute Gasteiger partial charge is 0.247 e. The van der Waals surface area contributed by atoms with Gasteiger partial charge in [-0.3, -0.25) is 4.79 Å². The summed E-state index contributed by atoms with van der Waals surface area (Å²) in [5.74, 6) is -0.448. The number of halogens is 1. The quantitative estimate of drug-likeness (QED) is 0.903. The summed E-state index contributed by atoms with van der Waals surface area (Å²) >= 11 is 6.18. The van der Waals surface area contributed by atoms with Gasteiger partial charge < -0.3 is 11.1 Å². The van der Waals surface area contributed by atoms with Crippen molar-refractivity contribution in [1.29, 1.82) is 0 Å². The summed E-state index contributed by atoms with van der Waals surface area (Å²) < 4.78 is 0. The average molecular weight is 303 g/mol. The predicted octanol–water partition coefficient (Wildman–Crippen LogP) is 3.77. The van der Waals surface area contributed by atoms with Gasteiger partial charge in [-0.05, 0) is 44.0 Å². The van der Waals surface area contributed by atoms with E-state index in [0.717, 1.165) is 16.7 Å². The third-order valence-corrected chi connectivity index (χ3v) is 4.01. The van der Waals surface area contributed by atoms with Crippen molar-refractivity contribution in [3.63, 3.8) is 0 Å². The number of amides is 1. The van der Waals surface area contributed by atoms with Gasteiger partial charge in [-0.2, -0.15) is 0 Å². The minimum atomic E-state index is -1.03. The molecule has 0 saturated carbocycles. The lowest BCUT2D eigenvalue weighted by Crippen LogP contribution is -2.45. The first-order valence-electron chi connectivity index (χ1n) is 6.75. The molecule has 0 fully saturated rings. The minimum Gasteiger partial charge on any atom is -0.367 e. The van der Waals surface area contributed by atoms with Gasteiger partial charge >= 0.3 is 0 Å². The van der Waals surface area contributed by atoms with Crippen molar-refractivity contribution in [2.24, 2.45) is 5.73 Å². The number of rotatable bonds is 4. The van der Waals surface area contributed by atoms with E-state index < -0.39 is 11.4 Å². The van der Waals surface area contributed by atoms with E-state index in [1.54, 1.807) is 13.0 Å². The minimum absolute atomic E-state index is 0.448. The molecule has 0 aliphatic carbocycles. The van der Waals surface area contributed by atoms with Crippen molar-refractivity contribution in [2.45, 2.75) is 26.3 Å². The van der Waals surface area contributed by atoms with E-state index in [-0.39, 0.29) is 0 Å². The fourth-order valence-corrected chi connectivity index (χ4v) is 2.55. The van der Waals surface area contributed by atoms with E-state index >= 15 is 0 Å². The molecule has 3 nitrogen and oxygen atoms in total. The van der Waals surface area contributed by atoms with Crippen molar-refractivity contribution < 1.29 is 4.79 Å². The fourth-order valence-electron chi connectivity index (χ4n) is 2.37. The monoisotopic (exact) mass is 302 g/mol. The first-order valence-corrected chi connectivity index (χ1v) is 7.13. The molecule has 0 spiro atoms. The number of anilines is 1. The maximum atomic E-state index is 12.1. The molecule has 0 saturated heterocycles. The molecule has 3 N–H and O–H groups in total. The largest absolute Gasteiger partial charge is 0.367 e. The molecule has 0 aliphatic heterocycles. The Bertz CT molecular complexity index is 684. The highest BCUT2D eigenvalue weighted by atomic mass is 35.5. The molecule has 110 valence electrons. The number of primary amides is 1. The topological polar surface area (TPSA) is 55.1 Å². The SMILES string of the molecule is Cc1ccc(C)c(C(C)(Nc2ccccc2Cl)C(N)=O)c1. The van der Waals surface area contributed by atoms with Gasteiger partial charge in [0.25, 0.3) is 0 Å². The Morgan fingerprint density at radius 2 is 1.86 bits per heavy atom. The number of carbonyl (C=O) groups excluding carboxylic acids is 1. The highest BCUT2D eigenvalue weighted by Gasteiger charge is 2.35. The molecule has 1 amide bonds. The zero-order valence-electron chi connectivity index (χ0n) is 12.4. The van der Waals surface area contributed by atoms with Crippen molar-refractivity contribution in [3.05, 3.63) is 64.2 Å². The highest BCUT2D eigenvalue weighted by Crippen LogP contribution is 2.32. The summed E-state index contributed by atoms with van der Waals surface area (Å²) in [6.45, 7) is 5.73. The van der Waals surface area contributed by atoms with Gasteiger partial charge in [-0.15, -0.1) is 0 Å². The molecule has 0 aromatic heterocycles. The number of nitrogens with two attached hydrogens (primary N) is 1. The Labute approximate surface area is 130 Å². The van der Waals surface area contributed by atoms with E-state index in [1.165, 1.54) is 0 Å². The second-order valence-corrected chi connectivity index (χ2v) is 5.82. The van der Waals surface area contributed by atoms with E-state index in [2.05, 4.69) is 5.32 Å². The van der Waals surface area contributed by atoms with Gasteiger partial charge in [-0.25, -0.2) is 0 Å². The van der Waals surface area contributed by atoms with E-state index in [1.807, 2.05) is 50.2 Å². The summed E-state index contributed by atoms with van der Waals surface area (Å²) in [4.78, 5) is 12.1. The van der Waals surface area contributed by atoms with Gasteiger partial charge in [0.2, 0.25) is 5.91 Å². The lowest BCUT2D eigenvalue weighted by atomic mass is 9.86. The van der Waals surface area contributed by atoms with Crippen LogP contribution in [0.4, 0.5) is 5.69 Å². The van der Waals surface area contributed by atoms with E-state index in [0.29, 0.717) is 10.7 Å². The molecule has 0 bridgehead atoms. The van der Waals surface area contributed by atoms with Gasteiger partial charge in [0.15, 0.2) is 0 Å². The number of benzene rings is 2. The normalized spacial score (nSPS) is 13.5. The van der Waals surface area contributed by atoms with Crippen molar-refractivity contribution in [3.8, 4) is 0 Å². The van der Waals surface area contributed by atoms with Crippen LogP contribution in [0, 0.1) is 13.8 Å². The first kappa shape index (κ1) is 15.4. The molecule has 2 rings (SSSR count). The molecule has 0 heterocycles. The van der Waals surface area contributed by atoms with E-state index in [9.17, 15) is 4.79 Å². The molecular formula is C17H19ClN2O. The Morgan fingerprint density at radius 3 is 2.48 bits per heavy atom. The predicted molar refractivity (Wildman–Crippen MR) is 87.5 cm³/mol. The number of carbonyl (C=O) groups is 1. The standard InChI is InChI=1S/C17H19ClN2O/c1-11-8-9-12(2)13(10-11)17(3,16(19)21)20-15-7-5-4-6-14(15)18/h4-10,20H,1-3H3,(H2,19,21). The summed E-state index contributed by atoms with van der Waals surface area (Å²) in [6.07, 6.45) is 0. The molecule has 0 aliphatic rings. The highest BCUT2D eigenvalue weighted by molar-refractivity contribution is 6.33. The van der Waals surface area contributed by atoms with Gasteiger partial charge in [-0.1, -0.05) is 47.5 Å². The molecule has 2 aromatic rings. The number of nitrogens with one attached hydrogen (secondary N) is 1. The maximum Gasteiger partial charge on any atom is 0.247 e. The second-order valence-electron chi connectivity index (χ2n) is 5.41. The fraction of sp³-hybridized carbons (Fsp3) is 0.235. The lowest BCUT2D eigenvalue weighted by molar-refractivity contribution is -0.122. The number of hydrogen-bond donors (Lipinski definition) is 2. The zero-order chi connectivity index (χ0) is 15.6. The Balaban J connectivity index is 2.53. The van der Waals surface area contributed by atoms with Crippen LogP contribution < -0.4 is 11.1 Å². The van der Waals surface area contributed by atoms with Crippen LogP contribution in [-0.4, -0.2) is 5.91 Å². The van der Waals surface area contributed by atoms with Crippen molar-refractivity contribution in [1.82, 2.24) is 0 Å². The number of aryl methyl sites for hydroxylation is 2. The molecule has 1 atom stereocenters. The number of para-hydroxylation sites is 1. The molecule has 1 unspecified atom stereocenters. The lowest BCUT2D eigenvalue weighted by Gasteiger charge is -2.31. The van der Waals surface area contributed by atoms with Gasteiger partial charge in [0, 0.05) is 0 Å². The van der Waals surface area contributed by atoms with Crippen LogP contribution in [0.25, 0.3) is 0 Å².